The van der Waals surface area contributed by atoms with Gasteiger partial charge in [0.2, 0.25) is 5.91 Å². The molecule has 0 spiro atoms. The van der Waals surface area contributed by atoms with Crippen molar-refractivity contribution in [3.8, 4) is 11.5 Å². The average molecular weight is 332 g/mol. The Bertz CT molecular complexity index is 734. The van der Waals surface area contributed by atoms with Gasteiger partial charge in [0.05, 0.1) is 14.2 Å². The van der Waals surface area contributed by atoms with E-state index in [1.165, 1.54) is 6.07 Å². The Hall–Kier alpha value is -2.76. The maximum Gasteiger partial charge on any atom is 0.246 e. The summed E-state index contributed by atoms with van der Waals surface area (Å²) in [7, 11) is 3.10. The van der Waals surface area contributed by atoms with E-state index < -0.39 is 6.04 Å². The normalized spacial score (nSPS) is 11.5. The maximum atomic E-state index is 13.5. The molecule has 0 saturated carbocycles. The van der Waals surface area contributed by atoms with E-state index in [2.05, 4.69) is 10.6 Å². The molecule has 1 amide bonds. The van der Waals surface area contributed by atoms with Gasteiger partial charge in [-0.15, -0.1) is 0 Å². The van der Waals surface area contributed by atoms with Gasteiger partial charge in [-0.3, -0.25) is 4.79 Å². The van der Waals surface area contributed by atoms with Crippen LogP contribution in [0.15, 0.2) is 36.4 Å². The van der Waals surface area contributed by atoms with Crippen molar-refractivity contribution in [1.82, 2.24) is 0 Å². The minimum atomic E-state index is -0.521. The lowest BCUT2D eigenvalue weighted by atomic mass is 10.2. The van der Waals surface area contributed by atoms with E-state index in [4.69, 9.17) is 9.47 Å². The van der Waals surface area contributed by atoms with Crippen LogP contribution in [-0.2, 0) is 4.79 Å². The first-order valence-electron chi connectivity index (χ1n) is 7.50. The molecule has 2 N–H and O–H groups in total. The molecule has 1 unspecified atom stereocenters. The number of nitrogens with one attached hydrogen (secondary N) is 2. The molecule has 5 nitrogen and oxygen atoms in total. The van der Waals surface area contributed by atoms with Crippen LogP contribution in [0.1, 0.15) is 12.5 Å². The Kier molecular flexibility index (Phi) is 5.63. The second-order valence-corrected chi connectivity index (χ2v) is 5.39. The number of hydrogen-bond donors (Lipinski definition) is 2. The number of carbonyl (C=O) groups excluding carboxylic acids is 1. The third-order valence-corrected chi connectivity index (χ3v) is 3.60. The highest BCUT2D eigenvalue weighted by Crippen LogP contribution is 2.30. The molecule has 0 heterocycles. The molecule has 2 aromatic rings. The Morgan fingerprint density at radius 1 is 1.04 bits per heavy atom. The summed E-state index contributed by atoms with van der Waals surface area (Å²) in [6.45, 7) is 3.39. The summed E-state index contributed by atoms with van der Waals surface area (Å²) in [4.78, 5) is 12.2. The quantitative estimate of drug-likeness (QED) is 0.849. The lowest BCUT2D eigenvalue weighted by molar-refractivity contribution is -0.116. The van der Waals surface area contributed by atoms with Gasteiger partial charge >= 0.3 is 0 Å². The number of benzene rings is 2. The van der Waals surface area contributed by atoms with Crippen molar-refractivity contribution in [3.63, 3.8) is 0 Å². The van der Waals surface area contributed by atoms with Gasteiger partial charge < -0.3 is 20.1 Å². The van der Waals surface area contributed by atoms with E-state index in [1.54, 1.807) is 58.4 Å². The van der Waals surface area contributed by atoms with E-state index in [0.717, 1.165) is 0 Å². The molecule has 0 aliphatic rings. The maximum absolute atomic E-state index is 13.5. The van der Waals surface area contributed by atoms with Gasteiger partial charge in [-0.1, -0.05) is 6.07 Å². The van der Waals surface area contributed by atoms with Crippen LogP contribution in [0.3, 0.4) is 0 Å². The average Bonchev–Trinajstić information content (AvgIpc) is 2.57. The molecule has 6 heteroatoms. The van der Waals surface area contributed by atoms with E-state index in [0.29, 0.717) is 28.4 Å². The Balaban J connectivity index is 2.04. The number of rotatable bonds is 6. The fourth-order valence-electron chi connectivity index (χ4n) is 2.16. The predicted octanol–water partition coefficient (Wildman–Crippen LogP) is 3.59. The van der Waals surface area contributed by atoms with E-state index in [9.17, 15) is 9.18 Å². The minimum Gasteiger partial charge on any atom is -0.493 e. The molecule has 0 fully saturated rings. The highest BCUT2D eigenvalue weighted by molar-refractivity contribution is 5.96. The molecule has 128 valence electrons. The monoisotopic (exact) mass is 332 g/mol. The second-order valence-electron chi connectivity index (χ2n) is 5.39. The number of anilines is 2. The van der Waals surface area contributed by atoms with Crippen molar-refractivity contribution in [1.29, 1.82) is 0 Å². The van der Waals surface area contributed by atoms with Gasteiger partial charge in [0.25, 0.3) is 0 Å². The number of methoxy groups -OCH3 is 2. The molecule has 0 aliphatic carbocycles. The van der Waals surface area contributed by atoms with Crippen LogP contribution in [0.4, 0.5) is 15.8 Å². The Labute approximate surface area is 140 Å². The number of halogens is 1. The molecule has 2 aromatic carbocycles. The van der Waals surface area contributed by atoms with Gasteiger partial charge in [-0.25, -0.2) is 4.39 Å². The smallest absolute Gasteiger partial charge is 0.246 e. The summed E-state index contributed by atoms with van der Waals surface area (Å²) < 4.78 is 23.9. The molecule has 0 saturated heterocycles. The zero-order valence-corrected chi connectivity index (χ0v) is 14.1. The number of amides is 1. The zero-order chi connectivity index (χ0) is 17.7. The highest BCUT2D eigenvalue weighted by atomic mass is 19.1. The van der Waals surface area contributed by atoms with Crippen LogP contribution in [0.5, 0.6) is 11.5 Å². The standard InChI is InChI=1S/C18H21FN2O3/c1-11-5-6-13(9-15(11)19)21-18(22)12(2)20-14-7-8-16(23-3)17(10-14)24-4/h5-10,12,20H,1-4H3,(H,21,22). The van der Waals surface area contributed by atoms with Gasteiger partial charge in [-0.05, 0) is 43.7 Å². The summed E-state index contributed by atoms with van der Waals surface area (Å²) in [5, 5.41) is 5.76. The van der Waals surface area contributed by atoms with Crippen molar-refractivity contribution >= 4 is 17.3 Å². The van der Waals surface area contributed by atoms with E-state index >= 15 is 0 Å². The van der Waals surface area contributed by atoms with Crippen molar-refractivity contribution in [3.05, 3.63) is 47.8 Å². The lowest BCUT2D eigenvalue weighted by Crippen LogP contribution is -2.31. The largest absolute Gasteiger partial charge is 0.493 e. The van der Waals surface area contributed by atoms with E-state index in [-0.39, 0.29) is 11.7 Å². The third-order valence-electron chi connectivity index (χ3n) is 3.60. The number of ether oxygens (including phenoxy) is 2. The first kappa shape index (κ1) is 17.6. The SMILES string of the molecule is COc1ccc(NC(C)C(=O)Nc2ccc(C)c(F)c2)cc1OC. The third kappa shape index (κ3) is 4.16. The summed E-state index contributed by atoms with van der Waals surface area (Å²) in [5.41, 5.74) is 1.67. The molecular formula is C18H21FN2O3. The predicted molar refractivity (Wildman–Crippen MR) is 92.4 cm³/mol. The van der Waals surface area contributed by atoms with Crippen molar-refractivity contribution < 1.29 is 18.7 Å². The molecule has 0 aromatic heterocycles. The van der Waals surface area contributed by atoms with Crippen LogP contribution in [-0.4, -0.2) is 26.2 Å². The summed E-state index contributed by atoms with van der Waals surface area (Å²) in [5.74, 6) is 0.548. The molecule has 0 bridgehead atoms. The molecule has 0 aliphatic heterocycles. The molecule has 24 heavy (non-hydrogen) atoms. The summed E-state index contributed by atoms with van der Waals surface area (Å²) >= 11 is 0. The first-order chi connectivity index (χ1) is 11.4. The zero-order valence-electron chi connectivity index (χ0n) is 14.1. The molecular weight excluding hydrogens is 311 g/mol. The Morgan fingerprint density at radius 2 is 1.71 bits per heavy atom. The van der Waals surface area contributed by atoms with Crippen molar-refractivity contribution in [2.24, 2.45) is 0 Å². The number of aryl methyl sites for hydroxylation is 1. The van der Waals surface area contributed by atoms with Crippen LogP contribution in [0.25, 0.3) is 0 Å². The Morgan fingerprint density at radius 3 is 2.33 bits per heavy atom. The van der Waals surface area contributed by atoms with Crippen LogP contribution >= 0.6 is 0 Å². The van der Waals surface area contributed by atoms with Gasteiger partial charge in [0.1, 0.15) is 11.9 Å². The van der Waals surface area contributed by atoms with Gasteiger partial charge in [0.15, 0.2) is 11.5 Å². The van der Waals surface area contributed by atoms with Crippen LogP contribution in [0, 0.1) is 12.7 Å². The van der Waals surface area contributed by atoms with Crippen LogP contribution < -0.4 is 20.1 Å². The van der Waals surface area contributed by atoms with Gasteiger partial charge in [-0.2, -0.15) is 0 Å². The highest BCUT2D eigenvalue weighted by Gasteiger charge is 2.14. The van der Waals surface area contributed by atoms with Gasteiger partial charge in [0, 0.05) is 17.4 Å². The van der Waals surface area contributed by atoms with E-state index in [1.807, 2.05) is 0 Å². The topological polar surface area (TPSA) is 59.6 Å². The minimum absolute atomic E-state index is 0.270. The lowest BCUT2D eigenvalue weighted by Gasteiger charge is -2.17. The number of hydrogen-bond acceptors (Lipinski definition) is 4. The summed E-state index contributed by atoms with van der Waals surface area (Å²) in [6, 6.07) is 9.35. The first-order valence-corrected chi connectivity index (χ1v) is 7.50. The van der Waals surface area contributed by atoms with Crippen LogP contribution in [0.2, 0.25) is 0 Å². The summed E-state index contributed by atoms with van der Waals surface area (Å²) in [6.07, 6.45) is 0. The second kappa shape index (κ2) is 7.68. The molecule has 1 atom stereocenters. The molecule has 2 rings (SSSR count). The van der Waals surface area contributed by atoms with Crippen molar-refractivity contribution in [2.75, 3.05) is 24.9 Å². The molecule has 0 radical (unpaired) electrons. The number of carbonyl (C=O) groups is 1. The van der Waals surface area contributed by atoms with Crippen molar-refractivity contribution in [2.45, 2.75) is 19.9 Å². The fraction of sp³-hybridized carbons (Fsp3) is 0.278. The fourth-order valence-corrected chi connectivity index (χ4v) is 2.16.